The topological polar surface area (TPSA) is 72.9 Å². The lowest BCUT2D eigenvalue weighted by Gasteiger charge is -2.23. The number of sulfonamides is 1. The summed E-state index contributed by atoms with van der Waals surface area (Å²) in [7, 11) is -2.71. The van der Waals surface area contributed by atoms with Crippen LogP contribution in [0, 0.1) is 13.8 Å². The SMILES string of the molecule is COc1ccc(N(C(=O)COc2cccc(C)c2C)S(=O)(=O)c2ccc(Cl)cc2)cc1. The van der Waals surface area contributed by atoms with Crippen molar-refractivity contribution in [1.29, 1.82) is 0 Å². The second-order valence-corrected chi connectivity index (χ2v) is 9.02. The first-order valence-corrected chi connectivity index (χ1v) is 11.2. The van der Waals surface area contributed by atoms with Crippen LogP contribution in [-0.4, -0.2) is 28.0 Å². The van der Waals surface area contributed by atoms with Gasteiger partial charge in [0.1, 0.15) is 11.5 Å². The molecule has 31 heavy (non-hydrogen) atoms. The molecular weight excluding hydrogens is 438 g/mol. The molecule has 0 bridgehead atoms. The second-order valence-electron chi connectivity index (χ2n) is 6.80. The molecule has 6 nitrogen and oxygen atoms in total. The minimum absolute atomic E-state index is 0.0622. The molecule has 0 aliphatic carbocycles. The largest absolute Gasteiger partial charge is 0.497 e. The fraction of sp³-hybridized carbons (Fsp3) is 0.174. The van der Waals surface area contributed by atoms with Crippen LogP contribution in [0.3, 0.4) is 0 Å². The van der Waals surface area contributed by atoms with Crippen molar-refractivity contribution in [2.24, 2.45) is 0 Å². The summed E-state index contributed by atoms with van der Waals surface area (Å²) >= 11 is 5.89. The van der Waals surface area contributed by atoms with E-state index in [1.807, 2.05) is 26.0 Å². The predicted molar refractivity (Wildman–Crippen MR) is 121 cm³/mol. The number of amides is 1. The standard InChI is InChI=1S/C23H22ClNO5S/c1-16-5-4-6-22(17(16)2)30-15-23(26)25(19-9-11-20(29-3)12-10-19)31(27,28)21-13-7-18(24)8-14-21/h4-14H,15H2,1-3H3. The van der Waals surface area contributed by atoms with Crippen LogP contribution >= 0.6 is 11.6 Å². The van der Waals surface area contributed by atoms with E-state index in [4.69, 9.17) is 21.1 Å². The van der Waals surface area contributed by atoms with Gasteiger partial charge in [0.25, 0.3) is 15.9 Å². The lowest BCUT2D eigenvalue weighted by atomic mass is 10.1. The van der Waals surface area contributed by atoms with Gasteiger partial charge in [-0.15, -0.1) is 0 Å². The highest BCUT2D eigenvalue weighted by Gasteiger charge is 2.31. The molecular formula is C23H22ClNO5S. The van der Waals surface area contributed by atoms with Crippen molar-refractivity contribution in [2.45, 2.75) is 18.7 Å². The summed E-state index contributed by atoms with van der Waals surface area (Å²) in [6.07, 6.45) is 0. The van der Waals surface area contributed by atoms with Gasteiger partial charge < -0.3 is 9.47 Å². The molecule has 0 atom stereocenters. The van der Waals surface area contributed by atoms with Crippen LogP contribution in [-0.2, 0) is 14.8 Å². The molecule has 0 heterocycles. The number of hydrogen-bond acceptors (Lipinski definition) is 5. The molecule has 0 saturated carbocycles. The van der Waals surface area contributed by atoms with E-state index in [-0.39, 0.29) is 10.6 Å². The molecule has 3 rings (SSSR count). The second kappa shape index (κ2) is 9.41. The van der Waals surface area contributed by atoms with Gasteiger partial charge in [-0.25, -0.2) is 8.42 Å². The summed E-state index contributed by atoms with van der Waals surface area (Å²) in [5.41, 5.74) is 2.06. The number of nitrogens with zero attached hydrogens (tertiary/aromatic N) is 1. The van der Waals surface area contributed by atoms with Crippen LogP contribution in [0.4, 0.5) is 5.69 Å². The van der Waals surface area contributed by atoms with Crippen LogP contribution < -0.4 is 13.8 Å². The fourth-order valence-electron chi connectivity index (χ4n) is 2.93. The Hall–Kier alpha value is -3.03. The van der Waals surface area contributed by atoms with Crippen molar-refractivity contribution in [1.82, 2.24) is 0 Å². The Morgan fingerprint density at radius 1 is 0.968 bits per heavy atom. The third-order valence-corrected chi connectivity index (χ3v) is 6.81. The van der Waals surface area contributed by atoms with Gasteiger partial charge in [-0.1, -0.05) is 23.7 Å². The number of benzene rings is 3. The number of rotatable bonds is 7. The molecule has 0 aliphatic heterocycles. The Labute approximate surface area is 187 Å². The lowest BCUT2D eigenvalue weighted by molar-refractivity contribution is -0.119. The third-order valence-electron chi connectivity index (χ3n) is 4.79. The van der Waals surface area contributed by atoms with Crippen molar-refractivity contribution in [3.05, 3.63) is 82.9 Å². The van der Waals surface area contributed by atoms with Gasteiger partial charge in [-0.2, -0.15) is 4.31 Å². The molecule has 0 unspecified atom stereocenters. The molecule has 8 heteroatoms. The number of carbonyl (C=O) groups is 1. The van der Waals surface area contributed by atoms with Crippen molar-refractivity contribution >= 4 is 33.2 Å². The molecule has 0 radical (unpaired) electrons. The minimum atomic E-state index is -4.21. The zero-order chi connectivity index (χ0) is 22.6. The molecule has 0 aromatic heterocycles. The van der Waals surface area contributed by atoms with E-state index in [2.05, 4.69) is 0 Å². The van der Waals surface area contributed by atoms with Gasteiger partial charge in [0.2, 0.25) is 0 Å². The predicted octanol–water partition coefficient (Wildman–Crippen LogP) is 4.77. The number of methoxy groups -OCH3 is 1. The Morgan fingerprint density at radius 3 is 2.23 bits per heavy atom. The highest BCUT2D eigenvalue weighted by Crippen LogP contribution is 2.27. The van der Waals surface area contributed by atoms with E-state index in [1.54, 1.807) is 18.2 Å². The molecule has 0 fully saturated rings. The molecule has 3 aromatic rings. The van der Waals surface area contributed by atoms with E-state index in [1.165, 1.54) is 43.5 Å². The summed E-state index contributed by atoms with van der Waals surface area (Å²) in [4.78, 5) is 13.1. The average molecular weight is 460 g/mol. The van der Waals surface area contributed by atoms with Crippen LogP contribution in [0.5, 0.6) is 11.5 Å². The zero-order valence-corrected chi connectivity index (χ0v) is 18.9. The molecule has 162 valence electrons. The van der Waals surface area contributed by atoms with Crippen molar-refractivity contribution in [3.63, 3.8) is 0 Å². The summed E-state index contributed by atoms with van der Waals surface area (Å²) in [5, 5.41) is 0.388. The Morgan fingerprint density at radius 2 is 1.61 bits per heavy atom. The van der Waals surface area contributed by atoms with Crippen molar-refractivity contribution < 1.29 is 22.7 Å². The van der Waals surface area contributed by atoms with Gasteiger partial charge in [0.15, 0.2) is 6.61 Å². The number of aryl methyl sites for hydroxylation is 1. The first-order chi connectivity index (χ1) is 14.7. The highest BCUT2D eigenvalue weighted by molar-refractivity contribution is 7.93. The number of carbonyl (C=O) groups excluding carboxylic acids is 1. The van der Waals surface area contributed by atoms with Gasteiger partial charge in [-0.3, -0.25) is 4.79 Å². The highest BCUT2D eigenvalue weighted by atomic mass is 35.5. The number of ether oxygens (including phenoxy) is 2. The van der Waals surface area contributed by atoms with Crippen LogP contribution in [0.25, 0.3) is 0 Å². The molecule has 0 spiro atoms. The molecule has 0 saturated heterocycles. The minimum Gasteiger partial charge on any atom is -0.497 e. The number of hydrogen-bond donors (Lipinski definition) is 0. The van der Waals surface area contributed by atoms with Crippen molar-refractivity contribution in [2.75, 3.05) is 18.0 Å². The van der Waals surface area contributed by atoms with Gasteiger partial charge in [-0.05, 0) is 79.6 Å². The zero-order valence-electron chi connectivity index (χ0n) is 17.3. The van der Waals surface area contributed by atoms with Gasteiger partial charge in [0, 0.05) is 5.02 Å². The van der Waals surface area contributed by atoms with Crippen LogP contribution in [0.2, 0.25) is 5.02 Å². The van der Waals surface area contributed by atoms with E-state index in [0.29, 0.717) is 16.5 Å². The van der Waals surface area contributed by atoms with Crippen LogP contribution in [0.15, 0.2) is 71.6 Å². The molecule has 0 N–H and O–H groups in total. The maximum absolute atomic E-state index is 13.3. The van der Waals surface area contributed by atoms with E-state index in [0.717, 1.165) is 15.4 Å². The third kappa shape index (κ3) is 5.00. The monoisotopic (exact) mass is 459 g/mol. The quantitative estimate of drug-likeness (QED) is 0.509. The Balaban J connectivity index is 1.97. The fourth-order valence-corrected chi connectivity index (χ4v) is 4.46. The van der Waals surface area contributed by atoms with Crippen molar-refractivity contribution in [3.8, 4) is 11.5 Å². The van der Waals surface area contributed by atoms with Gasteiger partial charge in [0.05, 0.1) is 17.7 Å². The smallest absolute Gasteiger partial charge is 0.278 e. The number of halogens is 1. The first kappa shape index (κ1) is 22.7. The number of anilines is 1. The Bertz CT molecular complexity index is 1180. The summed E-state index contributed by atoms with van der Waals surface area (Å²) < 4.78 is 38.2. The Kier molecular flexibility index (Phi) is 6.87. The first-order valence-electron chi connectivity index (χ1n) is 9.41. The molecule has 1 amide bonds. The van der Waals surface area contributed by atoms with Gasteiger partial charge >= 0.3 is 0 Å². The molecule has 3 aromatic carbocycles. The maximum atomic E-state index is 13.3. The van der Waals surface area contributed by atoms with E-state index in [9.17, 15) is 13.2 Å². The maximum Gasteiger partial charge on any atom is 0.278 e. The summed E-state index contributed by atoms with van der Waals surface area (Å²) in [6.45, 7) is 3.35. The average Bonchev–Trinajstić information content (AvgIpc) is 2.75. The van der Waals surface area contributed by atoms with E-state index >= 15 is 0 Å². The molecule has 0 aliphatic rings. The lowest BCUT2D eigenvalue weighted by Crippen LogP contribution is -2.40. The summed E-state index contributed by atoms with van der Waals surface area (Å²) in [5.74, 6) is 0.319. The normalized spacial score (nSPS) is 11.1. The summed E-state index contributed by atoms with van der Waals surface area (Å²) in [6, 6.07) is 17.3. The van der Waals surface area contributed by atoms with E-state index < -0.39 is 22.5 Å². The van der Waals surface area contributed by atoms with Crippen LogP contribution in [0.1, 0.15) is 11.1 Å².